The number of anilines is 1. The van der Waals surface area contributed by atoms with Gasteiger partial charge in [-0.3, -0.25) is 0 Å². The molecule has 0 bridgehead atoms. The van der Waals surface area contributed by atoms with Gasteiger partial charge in [0.2, 0.25) is 5.82 Å². The van der Waals surface area contributed by atoms with Crippen molar-refractivity contribution in [2.45, 2.75) is 51.1 Å². The Morgan fingerprint density at radius 3 is 2.96 bits per heavy atom. The summed E-state index contributed by atoms with van der Waals surface area (Å²) in [6.45, 7) is 1.68. The van der Waals surface area contributed by atoms with Crippen molar-refractivity contribution in [3.63, 3.8) is 0 Å². The zero-order chi connectivity index (χ0) is 17.7. The molecule has 136 valence electrons. The van der Waals surface area contributed by atoms with Crippen molar-refractivity contribution < 1.29 is 4.92 Å². The van der Waals surface area contributed by atoms with Gasteiger partial charge in [-0.1, -0.05) is 11.3 Å². The maximum absolute atomic E-state index is 11.8. The zero-order valence-corrected chi connectivity index (χ0v) is 15.1. The first-order chi connectivity index (χ1) is 12.7. The van der Waals surface area contributed by atoms with Crippen molar-refractivity contribution in [1.29, 1.82) is 0 Å². The maximum atomic E-state index is 11.8. The van der Waals surface area contributed by atoms with E-state index in [1.54, 1.807) is 10.6 Å². The molecular formula is C16H19N7O2S. The lowest BCUT2D eigenvalue weighted by Gasteiger charge is -2.35. The molecule has 26 heavy (non-hydrogen) atoms. The Morgan fingerprint density at radius 1 is 1.19 bits per heavy atom. The third-order valence-electron chi connectivity index (χ3n) is 5.35. The normalized spacial score (nSPS) is 20.5. The summed E-state index contributed by atoms with van der Waals surface area (Å²) in [5.41, 5.74) is 0. The van der Waals surface area contributed by atoms with E-state index in [1.165, 1.54) is 11.3 Å². The Hall–Kier alpha value is -2.49. The molecule has 0 aliphatic carbocycles. The minimum absolute atomic E-state index is 0.00796. The summed E-state index contributed by atoms with van der Waals surface area (Å²) in [6, 6.07) is -0.00796. The molecule has 0 saturated carbocycles. The van der Waals surface area contributed by atoms with Crippen LogP contribution in [0, 0.1) is 10.1 Å². The Bertz CT molecular complexity index is 975. The van der Waals surface area contributed by atoms with Crippen molar-refractivity contribution in [3.05, 3.63) is 33.3 Å². The monoisotopic (exact) mass is 373 g/mol. The van der Waals surface area contributed by atoms with Crippen molar-refractivity contribution >= 4 is 27.9 Å². The summed E-state index contributed by atoms with van der Waals surface area (Å²) in [6.07, 6.45) is 7.95. The summed E-state index contributed by atoms with van der Waals surface area (Å²) in [7, 11) is 0. The average molecular weight is 373 g/mol. The van der Waals surface area contributed by atoms with Crippen LogP contribution >= 0.6 is 11.3 Å². The van der Waals surface area contributed by atoms with E-state index in [0.717, 1.165) is 63.3 Å². The highest BCUT2D eigenvalue weighted by molar-refractivity contribution is 7.15. The summed E-state index contributed by atoms with van der Waals surface area (Å²) in [5, 5.41) is 22.4. The predicted molar refractivity (Wildman–Crippen MR) is 96.6 cm³/mol. The van der Waals surface area contributed by atoms with E-state index in [-0.39, 0.29) is 16.8 Å². The quantitative estimate of drug-likeness (QED) is 0.517. The van der Waals surface area contributed by atoms with Crippen LogP contribution in [0.15, 0.2) is 11.6 Å². The third kappa shape index (κ3) is 2.32. The van der Waals surface area contributed by atoms with E-state index in [1.807, 2.05) is 5.38 Å². The second-order valence-corrected chi connectivity index (χ2v) is 7.73. The zero-order valence-electron chi connectivity index (χ0n) is 14.2. The minimum atomic E-state index is -0.326. The van der Waals surface area contributed by atoms with Gasteiger partial charge < -0.3 is 19.6 Å². The van der Waals surface area contributed by atoms with Crippen molar-refractivity contribution in [3.8, 4) is 0 Å². The minimum Gasteiger partial charge on any atom is -0.358 e. The lowest BCUT2D eigenvalue weighted by molar-refractivity contribution is -0.389. The molecule has 1 saturated heterocycles. The molecule has 1 atom stereocenters. The molecule has 3 aromatic rings. The second kappa shape index (κ2) is 6.04. The fourth-order valence-corrected chi connectivity index (χ4v) is 4.86. The van der Waals surface area contributed by atoms with Gasteiger partial charge in [0.1, 0.15) is 12.0 Å². The van der Waals surface area contributed by atoms with Gasteiger partial charge in [0.05, 0.1) is 6.04 Å². The highest BCUT2D eigenvalue weighted by Crippen LogP contribution is 2.40. The summed E-state index contributed by atoms with van der Waals surface area (Å²) in [5.74, 6) is 2.48. The molecule has 5 heterocycles. The van der Waals surface area contributed by atoms with E-state index in [0.29, 0.717) is 10.8 Å². The van der Waals surface area contributed by atoms with E-state index in [4.69, 9.17) is 0 Å². The van der Waals surface area contributed by atoms with Crippen molar-refractivity contribution in [1.82, 2.24) is 24.1 Å². The molecule has 1 fully saturated rings. The lowest BCUT2D eigenvalue weighted by atomic mass is 10.0. The van der Waals surface area contributed by atoms with Gasteiger partial charge in [-0.05, 0) is 37.0 Å². The largest absolute Gasteiger partial charge is 0.373 e. The smallest absolute Gasteiger partial charge is 0.358 e. The predicted octanol–water partition coefficient (Wildman–Crippen LogP) is 2.96. The molecule has 0 radical (unpaired) electrons. The van der Waals surface area contributed by atoms with Gasteiger partial charge in [0.25, 0.3) is 4.96 Å². The van der Waals surface area contributed by atoms with Crippen LogP contribution in [0.2, 0.25) is 0 Å². The Labute approximate surface area is 153 Å². The molecule has 2 aliphatic rings. The first-order valence-corrected chi connectivity index (χ1v) is 9.90. The Morgan fingerprint density at radius 2 is 2.08 bits per heavy atom. The third-order valence-corrected chi connectivity index (χ3v) is 6.11. The van der Waals surface area contributed by atoms with Crippen LogP contribution < -0.4 is 4.90 Å². The molecule has 3 aromatic heterocycles. The van der Waals surface area contributed by atoms with Gasteiger partial charge in [-0.25, -0.2) is 0 Å². The molecule has 10 heteroatoms. The molecule has 0 aromatic carbocycles. The number of nitro groups is 1. The van der Waals surface area contributed by atoms with Gasteiger partial charge in [0.15, 0.2) is 5.82 Å². The Kier molecular flexibility index (Phi) is 3.66. The second-order valence-electron chi connectivity index (χ2n) is 6.86. The number of piperidine rings is 1. The fraction of sp³-hybridized carbons (Fsp3) is 0.562. The van der Waals surface area contributed by atoms with Crippen LogP contribution in [-0.2, 0) is 13.0 Å². The van der Waals surface area contributed by atoms with Gasteiger partial charge in [-0.15, -0.1) is 10.2 Å². The van der Waals surface area contributed by atoms with E-state index >= 15 is 0 Å². The van der Waals surface area contributed by atoms with Crippen LogP contribution in [0.25, 0.3) is 4.96 Å². The van der Waals surface area contributed by atoms with E-state index in [9.17, 15) is 10.1 Å². The molecular weight excluding hydrogens is 354 g/mol. The highest BCUT2D eigenvalue weighted by Gasteiger charge is 2.36. The summed E-state index contributed by atoms with van der Waals surface area (Å²) in [4.78, 5) is 18.8. The molecule has 5 rings (SSSR count). The molecule has 1 unspecified atom stereocenters. The van der Waals surface area contributed by atoms with Gasteiger partial charge >= 0.3 is 5.82 Å². The number of imidazole rings is 1. The lowest BCUT2D eigenvalue weighted by Crippen LogP contribution is -2.36. The molecule has 0 spiro atoms. The SMILES string of the molecule is O=[N+]([O-])c1c(N2CCCCC2c2nnc3n2CCCC3)nc2sccn12. The molecule has 0 N–H and O–H groups in total. The molecule has 0 amide bonds. The maximum Gasteiger partial charge on any atom is 0.373 e. The molecule has 9 nitrogen and oxygen atoms in total. The average Bonchev–Trinajstić information content (AvgIpc) is 3.35. The first kappa shape index (κ1) is 15.7. The van der Waals surface area contributed by atoms with Gasteiger partial charge in [0, 0.05) is 24.9 Å². The van der Waals surface area contributed by atoms with Crippen molar-refractivity contribution in [2.24, 2.45) is 0 Å². The van der Waals surface area contributed by atoms with Crippen LogP contribution in [0.4, 0.5) is 11.6 Å². The van der Waals surface area contributed by atoms with Crippen molar-refractivity contribution in [2.75, 3.05) is 11.4 Å². The van der Waals surface area contributed by atoms with Crippen LogP contribution in [-0.4, -0.2) is 35.6 Å². The molecule has 2 aliphatic heterocycles. The summed E-state index contributed by atoms with van der Waals surface area (Å²) >= 11 is 1.41. The highest BCUT2D eigenvalue weighted by atomic mass is 32.1. The topological polar surface area (TPSA) is 94.4 Å². The fourth-order valence-electron chi connectivity index (χ4n) is 4.16. The number of thiazole rings is 1. The van der Waals surface area contributed by atoms with E-state index < -0.39 is 0 Å². The standard InChI is InChI=1S/C16H19N7O2S/c24-23(25)15-14(17-16-22(15)9-10-26-16)20-7-3-1-5-11(20)13-19-18-12-6-2-4-8-21(12)13/h9-11H,1-8H2. The Balaban J connectivity index is 1.61. The number of rotatable bonds is 3. The summed E-state index contributed by atoms with van der Waals surface area (Å²) < 4.78 is 3.79. The van der Waals surface area contributed by atoms with Crippen LogP contribution in [0.1, 0.15) is 49.8 Å². The number of hydrogen-bond acceptors (Lipinski definition) is 7. The number of nitrogens with zero attached hydrogens (tertiary/aromatic N) is 7. The first-order valence-electron chi connectivity index (χ1n) is 9.02. The van der Waals surface area contributed by atoms with Crippen LogP contribution in [0.5, 0.6) is 0 Å². The number of aromatic nitrogens is 5. The van der Waals surface area contributed by atoms with Crippen LogP contribution in [0.3, 0.4) is 0 Å². The van der Waals surface area contributed by atoms with E-state index in [2.05, 4.69) is 24.6 Å². The number of hydrogen-bond donors (Lipinski definition) is 0. The number of fused-ring (bicyclic) bond motifs is 2. The van der Waals surface area contributed by atoms with Gasteiger partial charge in [-0.2, -0.15) is 9.38 Å². The number of aryl methyl sites for hydroxylation is 1.